The molecule has 0 aliphatic carbocycles. The molecule has 0 unspecified atom stereocenters. The van der Waals surface area contributed by atoms with Crippen molar-refractivity contribution in [1.82, 2.24) is 19.3 Å². The summed E-state index contributed by atoms with van der Waals surface area (Å²) in [7, 11) is 0. The van der Waals surface area contributed by atoms with Crippen LogP contribution in [0.3, 0.4) is 0 Å². The third-order valence-corrected chi connectivity index (χ3v) is 6.76. The van der Waals surface area contributed by atoms with Crippen LogP contribution in [0.25, 0.3) is 0 Å². The summed E-state index contributed by atoms with van der Waals surface area (Å²) in [6.07, 6.45) is 3.60. The van der Waals surface area contributed by atoms with Gasteiger partial charge in [0.1, 0.15) is 23.1 Å². The molecule has 4 rings (SSSR count). The number of ether oxygens (including phenoxy) is 1. The second-order valence-corrected chi connectivity index (χ2v) is 9.03. The summed E-state index contributed by atoms with van der Waals surface area (Å²) in [6, 6.07) is 5.78. The third-order valence-electron chi connectivity index (χ3n) is 5.60. The Balaban J connectivity index is 1.65. The number of carbonyl (C=O) groups is 2. The molecule has 1 aliphatic heterocycles. The molecule has 0 fully saturated rings. The normalized spacial score (nSPS) is 13.3. The minimum atomic E-state index is -0.507. The maximum atomic E-state index is 13.4. The van der Waals surface area contributed by atoms with Crippen LogP contribution in [-0.4, -0.2) is 37.8 Å². The Bertz CT molecular complexity index is 1250. The highest BCUT2D eigenvalue weighted by Crippen LogP contribution is 2.28. The fourth-order valence-electron chi connectivity index (χ4n) is 3.86. The molecule has 0 radical (unpaired) electrons. The molecule has 3 aromatic rings. The Hall–Kier alpha value is -3.34. The first-order chi connectivity index (χ1) is 16.4. The lowest BCUT2D eigenvalue weighted by atomic mass is 10.2. The highest BCUT2D eigenvalue weighted by Gasteiger charge is 2.26. The maximum Gasteiger partial charge on any atom is 0.350 e. The van der Waals surface area contributed by atoms with Crippen LogP contribution in [0.4, 0.5) is 9.52 Å². The molecule has 0 N–H and O–H groups in total. The summed E-state index contributed by atoms with van der Waals surface area (Å²) in [5, 5.41) is 4.69. The van der Waals surface area contributed by atoms with Crippen molar-refractivity contribution in [3.8, 4) is 0 Å². The Morgan fingerprint density at radius 1 is 1.21 bits per heavy atom. The molecule has 9 nitrogen and oxygen atoms in total. The summed E-state index contributed by atoms with van der Waals surface area (Å²) in [5.74, 6) is -0.617. The quantitative estimate of drug-likeness (QED) is 0.475. The average Bonchev–Trinajstić information content (AvgIpc) is 3.22. The summed E-state index contributed by atoms with van der Waals surface area (Å²) in [5.41, 5.74) is 0.809. The van der Waals surface area contributed by atoms with Crippen molar-refractivity contribution in [3.05, 3.63) is 62.5 Å². The summed E-state index contributed by atoms with van der Waals surface area (Å²) in [6.45, 7) is 4.02. The van der Waals surface area contributed by atoms with Crippen molar-refractivity contribution in [2.75, 3.05) is 11.5 Å². The molecule has 1 aromatic carbocycles. The van der Waals surface area contributed by atoms with Gasteiger partial charge >= 0.3 is 11.7 Å². The lowest BCUT2D eigenvalue weighted by Gasteiger charge is -2.20. The molecular weight excluding hydrogens is 461 g/mol. The van der Waals surface area contributed by atoms with Gasteiger partial charge in [0, 0.05) is 13.0 Å². The number of thiazole rings is 1. The first-order valence-electron chi connectivity index (χ1n) is 11.2. The van der Waals surface area contributed by atoms with Crippen LogP contribution in [0.1, 0.15) is 52.9 Å². The van der Waals surface area contributed by atoms with Crippen LogP contribution in [-0.2, 0) is 35.6 Å². The largest absolute Gasteiger partial charge is 0.462 e. The van der Waals surface area contributed by atoms with Gasteiger partial charge in [-0.1, -0.05) is 29.9 Å². The van der Waals surface area contributed by atoms with Crippen LogP contribution in [0.5, 0.6) is 0 Å². The van der Waals surface area contributed by atoms with Crippen molar-refractivity contribution < 1.29 is 18.7 Å². The van der Waals surface area contributed by atoms with Gasteiger partial charge in [-0.25, -0.2) is 23.6 Å². The highest BCUT2D eigenvalue weighted by atomic mass is 32.1. The lowest BCUT2D eigenvalue weighted by molar-refractivity contribution is -0.119. The molecular formula is C23H26FN5O4S. The summed E-state index contributed by atoms with van der Waals surface area (Å²) in [4.78, 5) is 44.7. The molecule has 11 heteroatoms. The van der Waals surface area contributed by atoms with Crippen LogP contribution < -0.4 is 10.6 Å². The predicted molar refractivity (Wildman–Crippen MR) is 124 cm³/mol. The molecule has 34 heavy (non-hydrogen) atoms. The number of anilines is 1. The van der Waals surface area contributed by atoms with Crippen molar-refractivity contribution in [1.29, 1.82) is 0 Å². The number of aryl methyl sites for hydroxylation is 2. The minimum Gasteiger partial charge on any atom is -0.462 e. The number of amides is 1. The number of aromatic nitrogens is 4. The SMILES string of the molecule is CCOC(=O)c1sc(N(Cc2ccc(F)cc2)C(=O)Cn2nc3n(c2=O)CCCCC3)nc1C. The Labute approximate surface area is 199 Å². The number of halogens is 1. The first kappa shape index (κ1) is 23.8. The van der Waals surface area contributed by atoms with E-state index in [1.54, 1.807) is 30.5 Å². The third kappa shape index (κ3) is 5.09. The van der Waals surface area contributed by atoms with E-state index in [9.17, 15) is 18.8 Å². The molecule has 180 valence electrons. The molecule has 0 saturated carbocycles. The number of hydrogen-bond donors (Lipinski definition) is 0. The standard InChI is InChI=1S/C23H26FN5O4S/c1-3-33-21(31)20-15(2)25-22(34-20)28(13-16-8-10-17(24)11-9-16)19(30)14-29-23(32)27-12-6-4-5-7-18(27)26-29/h8-11H,3-7,12-14H2,1-2H3. The molecule has 0 atom stereocenters. The van der Waals surface area contributed by atoms with Crippen molar-refractivity contribution in [3.63, 3.8) is 0 Å². The highest BCUT2D eigenvalue weighted by molar-refractivity contribution is 7.17. The van der Waals surface area contributed by atoms with Crippen LogP contribution in [0, 0.1) is 12.7 Å². The van der Waals surface area contributed by atoms with Gasteiger partial charge in [-0.15, -0.1) is 0 Å². The number of nitrogens with zero attached hydrogens (tertiary/aromatic N) is 5. The average molecular weight is 488 g/mol. The monoisotopic (exact) mass is 487 g/mol. The first-order valence-corrected chi connectivity index (χ1v) is 12.0. The Kier molecular flexibility index (Phi) is 7.20. The van der Waals surface area contributed by atoms with E-state index in [-0.39, 0.29) is 31.2 Å². The van der Waals surface area contributed by atoms with E-state index in [1.807, 2.05) is 0 Å². The molecule has 0 bridgehead atoms. The lowest BCUT2D eigenvalue weighted by Crippen LogP contribution is -2.37. The topological polar surface area (TPSA) is 99.3 Å². The zero-order valence-electron chi connectivity index (χ0n) is 19.1. The van der Waals surface area contributed by atoms with E-state index in [4.69, 9.17) is 4.74 Å². The van der Waals surface area contributed by atoms with Crippen molar-refractivity contribution >= 4 is 28.3 Å². The second-order valence-electron chi connectivity index (χ2n) is 8.06. The van der Waals surface area contributed by atoms with E-state index in [0.717, 1.165) is 30.6 Å². The van der Waals surface area contributed by atoms with Gasteiger partial charge in [0.2, 0.25) is 0 Å². The number of rotatable bonds is 7. The van der Waals surface area contributed by atoms with Crippen molar-refractivity contribution in [2.24, 2.45) is 0 Å². The van der Waals surface area contributed by atoms with Gasteiger partial charge < -0.3 is 4.74 Å². The Morgan fingerprint density at radius 3 is 2.71 bits per heavy atom. The number of fused-ring (bicyclic) bond motifs is 1. The van der Waals surface area contributed by atoms with Gasteiger partial charge in [-0.3, -0.25) is 14.3 Å². The molecule has 0 saturated heterocycles. The molecule has 1 amide bonds. The van der Waals surface area contributed by atoms with Gasteiger partial charge in [-0.05, 0) is 44.4 Å². The van der Waals surface area contributed by atoms with E-state index in [2.05, 4.69) is 10.1 Å². The molecule has 3 heterocycles. The number of esters is 1. The van der Waals surface area contributed by atoms with E-state index >= 15 is 0 Å². The van der Waals surface area contributed by atoms with E-state index in [1.165, 1.54) is 21.7 Å². The van der Waals surface area contributed by atoms with Gasteiger partial charge in [0.05, 0.1) is 18.8 Å². The van der Waals surface area contributed by atoms with E-state index in [0.29, 0.717) is 40.1 Å². The molecule has 0 spiro atoms. The van der Waals surface area contributed by atoms with Crippen LogP contribution in [0.15, 0.2) is 29.1 Å². The minimum absolute atomic E-state index is 0.0939. The van der Waals surface area contributed by atoms with Gasteiger partial charge in [0.25, 0.3) is 5.91 Å². The summed E-state index contributed by atoms with van der Waals surface area (Å²) >= 11 is 1.04. The fourth-order valence-corrected chi connectivity index (χ4v) is 4.84. The van der Waals surface area contributed by atoms with Gasteiger partial charge in [-0.2, -0.15) is 5.10 Å². The summed E-state index contributed by atoms with van der Waals surface area (Å²) < 4.78 is 21.3. The predicted octanol–water partition coefficient (Wildman–Crippen LogP) is 3.09. The number of carbonyl (C=O) groups excluding carboxylic acids is 2. The number of benzene rings is 1. The molecule has 2 aromatic heterocycles. The molecule has 1 aliphatic rings. The van der Waals surface area contributed by atoms with Gasteiger partial charge in [0.15, 0.2) is 5.13 Å². The van der Waals surface area contributed by atoms with Crippen LogP contribution >= 0.6 is 11.3 Å². The van der Waals surface area contributed by atoms with Crippen molar-refractivity contribution in [2.45, 2.75) is 59.2 Å². The zero-order chi connectivity index (χ0) is 24.2. The van der Waals surface area contributed by atoms with E-state index < -0.39 is 11.9 Å². The Morgan fingerprint density at radius 2 is 1.97 bits per heavy atom. The smallest absolute Gasteiger partial charge is 0.350 e. The fraction of sp³-hybridized carbons (Fsp3) is 0.435. The number of hydrogen-bond acceptors (Lipinski definition) is 7. The maximum absolute atomic E-state index is 13.4. The van der Waals surface area contributed by atoms with Crippen LogP contribution in [0.2, 0.25) is 0 Å². The second kappa shape index (κ2) is 10.3. The zero-order valence-corrected chi connectivity index (χ0v) is 19.9.